The Kier molecular flexibility index (Phi) is 4.13. The second-order valence-electron chi connectivity index (χ2n) is 6.25. The molecular formula is C14H24N2O3. The first-order chi connectivity index (χ1) is 8.93. The van der Waals surface area contributed by atoms with E-state index in [-0.39, 0.29) is 17.9 Å². The molecule has 0 aromatic heterocycles. The zero-order chi connectivity index (χ0) is 14.0. The Hall–Kier alpha value is -1.10. The minimum atomic E-state index is -0.797. The number of carbonyl (C=O) groups excluding carboxylic acids is 1. The molecule has 2 aliphatic rings. The molecule has 1 heterocycles. The zero-order valence-corrected chi connectivity index (χ0v) is 11.7. The Morgan fingerprint density at radius 2 is 2.11 bits per heavy atom. The third-order valence-corrected chi connectivity index (χ3v) is 4.76. The summed E-state index contributed by atoms with van der Waals surface area (Å²) in [4.78, 5) is 23.7. The molecule has 1 amide bonds. The number of rotatable bonds is 3. The van der Waals surface area contributed by atoms with Crippen LogP contribution < -0.4 is 10.6 Å². The highest BCUT2D eigenvalue weighted by atomic mass is 16.4. The number of hydrogen-bond acceptors (Lipinski definition) is 3. The van der Waals surface area contributed by atoms with Gasteiger partial charge in [-0.2, -0.15) is 0 Å². The fraction of sp³-hybridized carbons (Fsp3) is 0.857. The molecule has 19 heavy (non-hydrogen) atoms. The Morgan fingerprint density at radius 3 is 2.74 bits per heavy atom. The maximum absolute atomic E-state index is 12.3. The summed E-state index contributed by atoms with van der Waals surface area (Å²) < 4.78 is 0. The first kappa shape index (κ1) is 14.3. The van der Waals surface area contributed by atoms with Gasteiger partial charge in [0.05, 0.1) is 5.41 Å². The summed E-state index contributed by atoms with van der Waals surface area (Å²) in [5.74, 6) is -0.739. The average Bonchev–Trinajstić information content (AvgIpc) is 2.72. The number of hydrogen-bond donors (Lipinski definition) is 3. The summed E-state index contributed by atoms with van der Waals surface area (Å²) in [5, 5.41) is 15.7. The van der Waals surface area contributed by atoms with Crippen molar-refractivity contribution >= 4 is 11.9 Å². The van der Waals surface area contributed by atoms with Crippen LogP contribution in [0.15, 0.2) is 0 Å². The van der Waals surface area contributed by atoms with E-state index in [1.165, 1.54) is 0 Å². The molecule has 1 saturated heterocycles. The number of aliphatic carboxylic acids is 1. The number of carbonyl (C=O) groups is 2. The molecule has 1 saturated carbocycles. The van der Waals surface area contributed by atoms with Crippen LogP contribution in [0.5, 0.6) is 0 Å². The predicted octanol–water partition coefficient (Wildman–Crippen LogP) is 1.13. The summed E-state index contributed by atoms with van der Waals surface area (Å²) in [6.07, 6.45) is 3.97. The molecule has 0 aromatic carbocycles. The Balaban J connectivity index is 1.96. The molecule has 0 radical (unpaired) electrons. The number of amides is 1. The lowest BCUT2D eigenvalue weighted by Gasteiger charge is -2.32. The molecule has 0 bridgehead atoms. The van der Waals surface area contributed by atoms with Crippen molar-refractivity contribution in [3.8, 4) is 0 Å². The largest absolute Gasteiger partial charge is 0.481 e. The minimum absolute atomic E-state index is 0.0231. The van der Waals surface area contributed by atoms with Crippen LogP contribution >= 0.6 is 0 Å². The van der Waals surface area contributed by atoms with Crippen molar-refractivity contribution in [3.63, 3.8) is 0 Å². The molecule has 1 aliphatic heterocycles. The van der Waals surface area contributed by atoms with Crippen molar-refractivity contribution in [1.29, 1.82) is 0 Å². The number of carboxylic acid groups (broad SMARTS) is 1. The van der Waals surface area contributed by atoms with Gasteiger partial charge in [-0.1, -0.05) is 6.42 Å². The van der Waals surface area contributed by atoms with Gasteiger partial charge in [0, 0.05) is 18.0 Å². The number of piperidine rings is 1. The monoisotopic (exact) mass is 268 g/mol. The van der Waals surface area contributed by atoms with Crippen LogP contribution in [0.4, 0.5) is 0 Å². The first-order valence-corrected chi connectivity index (χ1v) is 7.20. The lowest BCUT2D eigenvalue weighted by Crippen LogP contribution is -2.50. The molecule has 0 spiro atoms. The van der Waals surface area contributed by atoms with Gasteiger partial charge in [0.15, 0.2) is 0 Å². The quantitative estimate of drug-likeness (QED) is 0.717. The van der Waals surface area contributed by atoms with Gasteiger partial charge in [-0.25, -0.2) is 0 Å². The van der Waals surface area contributed by atoms with Crippen molar-refractivity contribution in [3.05, 3.63) is 0 Å². The molecule has 3 N–H and O–H groups in total. The van der Waals surface area contributed by atoms with Crippen molar-refractivity contribution < 1.29 is 14.7 Å². The van der Waals surface area contributed by atoms with Gasteiger partial charge >= 0.3 is 5.97 Å². The van der Waals surface area contributed by atoms with Crippen LogP contribution in [0.2, 0.25) is 0 Å². The van der Waals surface area contributed by atoms with E-state index in [4.69, 9.17) is 0 Å². The Morgan fingerprint density at radius 1 is 1.37 bits per heavy atom. The fourth-order valence-corrected chi connectivity index (χ4v) is 3.31. The van der Waals surface area contributed by atoms with Crippen molar-refractivity contribution in [2.75, 3.05) is 6.54 Å². The molecule has 0 aromatic rings. The van der Waals surface area contributed by atoms with E-state index in [2.05, 4.69) is 17.6 Å². The topological polar surface area (TPSA) is 78.4 Å². The third-order valence-electron chi connectivity index (χ3n) is 4.76. The van der Waals surface area contributed by atoms with Crippen LogP contribution in [0, 0.1) is 11.3 Å². The van der Waals surface area contributed by atoms with Gasteiger partial charge in [0.2, 0.25) is 5.91 Å². The van der Waals surface area contributed by atoms with E-state index >= 15 is 0 Å². The molecule has 5 nitrogen and oxygen atoms in total. The van der Waals surface area contributed by atoms with Gasteiger partial charge < -0.3 is 15.7 Å². The summed E-state index contributed by atoms with van der Waals surface area (Å²) >= 11 is 0. The Labute approximate surface area is 114 Å². The van der Waals surface area contributed by atoms with E-state index in [1.54, 1.807) is 6.92 Å². The van der Waals surface area contributed by atoms with Crippen LogP contribution in [0.1, 0.15) is 46.0 Å². The smallest absolute Gasteiger partial charge is 0.311 e. The van der Waals surface area contributed by atoms with Crippen molar-refractivity contribution in [2.45, 2.75) is 58.0 Å². The van der Waals surface area contributed by atoms with E-state index in [1.807, 2.05) is 0 Å². The van der Waals surface area contributed by atoms with E-state index < -0.39 is 11.4 Å². The van der Waals surface area contributed by atoms with Crippen LogP contribution in [0.3, 0.4) is 0 Å². The molecule has 4 atom stereocenters. The second-order valence-corrected chi connectivity index (χ2v) is 6.25. The summed E-state index contributed by atoms with van der Waals surface area (Å²) in [7, 11) is 0. The third kappa shape index (κ3) is 2.91. The molecule has 2 fully saturated rings. The second kappa shape index (κ2) is 5.49. The lowest BCUT2D eigenvalue weighted by molar-refractivity contribution is -0.149. The van der Waals surface area contributed by atoms with E-state index in [0.717, 1.165) is 32.2 Å². The summed E-state index contributed by atoms with van der Waals surface area (Å²) in [6.45, 7) is 4.69. The normalized spacial score (nSPS) is 38.9. The maximum Gasteiger partial charge on any atom is 0.311 e. The van der Waals surface area contributed by atoms with Gasteiger partial charge in [-0.3, -0.25) is 9.59 Å². The SMILES string of the molecule is CC1CC(C(=O)NC2CCCC2(C)C(=O)O)CCN1. The van der Waals surface area contributed by atoms with Gasteiger partial charge in [0.25, 0.3) is 0 Å². The highest BCUT2D eigenvalue weighted by Gasteiger charge is 2.46. The zero-order valence-electron chi connectivity index (χ0n) is 11.7. The van der Waals surface area contributed by atoms with Gasteiger partial charge in [-0.15, -0.1) is 0 Å². The highest BCUT2D eigenvalue weighted by Crippen LogP contribution is 2.38. The van der Waals surface area contributed by atoms with Crippen LogP contribution in [0.25, 0.3) is 0 Å². The summed E-state index contributed by atoms with van der Waals surface area (Å²) in [6, 6.07) is 0.140. The van der Waals surface area contributed by atoms with Crippen molar-refractivity contribution in [1.82, 2.24) is 10.6 Å². The predicted molar refractivity (Wildman–Crippen MR) is 71.7 cm³/mol. The van der Waals surface area contributed by atoms with E-state index in [0.29, 0.717) is 12.5 Å². The Bertz CT molecular complexity index is 372. The van der Waals surface area contributed by atoms with Gasteiger partial charge in [0.1, 0.15) is 0 Å². The number of nitrogens with one attached hydrogen (secondary N) is 2. The van der Waals surface area contributed by atoms with E-state index in [9.17, 15) is 14.7 Å². The average molecular weight is 268 g/mol. The summed E-state index contributed by atoms with van der Waals surface area (Å²) in [5.41, 5.74) is -0.797. The molecule has 4 unspecified atom stereocenters. The molecule has 108 valence electrons. The lowest BCUT2D eigenvalue weighted by atomic mass is 9.84. The fourth-order valence-electron chi connectivity index (χ4n) is 3.31. The molecule has 1 aliphatic carbocycles. The first-order valence-electron chi connectivity index (χ1n) is 7.20. The molecule has 5 heteroatoms. The highest BCUT2D eigenvalue weighted by molar-refractivity contribution is 5.81. The van der Waals surface area contributed by atoms with Crippen LogP contribution in [-0.2, 0) is 9.59 Å². The maximum atomic E-state index is 12.3. The molecular weight excluding hydrogens is 244 g/mol. The van der Waals surface area contributed by atoms with Gasteiger partial charge in [-0.05, 0) is 46.1 Å². The standard InChI is InChI=1S/C14H24N2O3/c1-9-8-10(5-7-15-9)12(17)16-11-4-3-6-14(11,2)13(18)19/h9-11,15H,3-8H2,1-2H3,(H,16,17)(H,18,19). The van der Waals surface area contributed by atoms with Crippen LogP contribution in [-0.4, -0.2) is 35.6 Å². The molecule has 2 rings (SSSR count). The van der Waals surface area contributed by atoms with Crippen molar-refractivity contribution in [2.24, 2.45) is 11.3 Å². The minimum Gasteiger partial charge on any atom is -0.481 e. The number of carboxylic acids is 1.